The molecule has 0 aromatic heterocycles. The number of rotatable bonds is 7. The summed E-state index contributed by atoms with van der Waals surface area (Å²) in [6.07, 6.45) is 9.15. The summed E-state index contributed by atoms with van der Waals surface area (Å²) in [5, 5.41) is 10.5. The van der Waals surface area contributed by atoms with E-state index in [1.165, 1.54) is 11.1 Å². The number of nitro groups is 1. The van der Waals surface area contributed by atoms with Crippen LogP contribution in [-0.4, -0.2) is 4.92 Å². The van der Waals surface area contributed by atoms with Gasteiger partial charge >= 0.3 is 0 Å². The van der Waals surface area contributed by atoms with E-state index < -0.39 is 0 Å². The summed E-state index contributed by atoms with van der Waals surface area (Å²) in [5.41, 5.74) is 2.94. The molecule has 3 nitrogen and oxygen atoms in total. The normalized spacial score (nSPS) is 14.3. The van der Waals surface area contributed by atoms with Gasteiger partial charge in [0.1, 0.15) is 0 Å². The van der Waals surface area contributed by atoms with E-state index in [0.29, 0.717) is 0 Å². The Morgan fingerprint density at radius 1 is 1.22 bits per heavy atom. The molecular formula is C15H25NO2. The molecule has 0 spiro atoms. The molecule has 1 unspecified atom stereocenters. The van der Waals surface area contributed by atoms with Crippen LogP contribution < -0.4 is 0 Å². The van der Waals surface area contributed by atoms with Gasteiger partial charge in [0.15, 0.2) is 0 Å². The van der Waals surface area contributed by atoms with Crippen LogP contribution in [0.25, 0.3) is 0 Å². The Balaban J connectivity index is 4.17. The second-order valence-corrected chi connectivity index (χ2v) is 5.15. The van der Waals surface area contributed by atoms with Gasteiger partial charge in [0, 0.05) is 6.92 Å². The summed E-state index contributed by atoms with van der Waals surface area (Å²) >= 11 is 0. The zero-order valence-corrected chi connectivity index (χ0v) is 12.2. The number of hydrogen-bond donors (Lipinski definition) is 0. The second kappa shape index (κ2) is 8.67. The van der Waals surface area contributed by atoms with E-state index in [-0.39, 0.29) is 16.5 Å². The first-order valence-electron chi connectivity index (χ1n) is 6.44. The highest BCUT2D eigenvalue weighted by Crippen LogP contribution is 2.13. The predicted molar refractivity (Wildman–Crippen MR) is 77.0 cm³/mol. The molecule has 0 aliphatic carbocycles. The van der Waals surface area contributed by atoms with Crippen molar-refractivity contribution in [1.29, 1.82) is 0 Å². The molecule has 0 amide bonds. The van der Waals surface area contributed by atoms with Crippen molar-refractivity contribution in [2.24, 2.45) is 5.92 Å². The summed E-state index contributed by atoms with van der Waals surface area (Å²) < 4.78 is 0. The lowest BCUT2D eigenvalue weighted by Crippen LogP contribution is -1.97. The maximum absolute atomic E-state index is 10.5. The monoisotopic (exact) mass is 251 g/mol. The molecule has 0 radical (unpaired) electrons. The summed E-state index contributed by atoms with van der Waals surface area (Å²) in [7, 11) is 0. The Hall–Kier alpha value is -1.38. The molecule has 0 saturated heterocycles. The van der Waals surface area contributed by atoms with Crippen molar-refractivity contribution in [3.63, 3.8) is 0 Å². The van der Waals surface area contributed by atoms with Crippen LogP contribution in [0, 0.1) is 16.0 Å². The molecule has 0 N–H and O–H groups in total. The van der Waals surface area contributed by atoms with E-state index >= 15 is 0 Å². The van der Waals surface area contributed by atoms with Crippen molar-refractivity contribution in [3.05, 3.63) is 45.2 Å². The maximum Gasteiger partial charge on any atom is 0.239 e. The van der Waals surface area contributed by atoms with Crippen molar-refractivity contribution in [2.45, 2.75) is 53.9 Å². The van der Waals surface area contributed by atoms with Crippen LogP contribution in [0.3, 0.4) is 0 Å². The molecule has 0 heterocycles. The van der Waals surface area contributed by atoms with Gasteiger partial charge in [-0.15, -0.1) is 0 Å². The van der Waals surface area contributed by atoms with Gasteiger partial charge in [0.2, 0.25) is 5.70 Å². The highest BCUT2D eigenvalue weighted by molar-refractivity contribution is 5.04. The van der Waals surface area contributed by atoms with E-state index in [4.69, 9.17) is 0 Å². The highest BCUT2D eigenvalue weighted by Gasteiger charge is 2.05. The SMILES string of the molecule is CC(C)=CCC/C(C)=C/CC(C)/C=C(\C)[N+](=O)[O-]. The van der Waals surface area contributed by atoms with E-state index in [0.717, 1.165) is 19.3 Å². The third-order valence-electron chi connectivity index (χ3n) is 2.74. The molecule has 0 saturated carbocycles. The van der Waals surface area contributed by atoms with Crippen molar-refractivity contribution < 1.29 is 4.92 Å². The number of allylic oxidation sites excluding steroid dienone is 6. The van der Waals surface area contributed by atoms with Crippen molar-refractivity contribution in [3.8, 4) is 0 Å². The minimum atomic E-state index is -0.331. The van der Waals surface area contributed by atoms with Gasteiger partial charge in [-0.25, -0.2) is 0 Å². The molecule has 0 aromatic rings. The molecule has 102 valence electrons. The van der Waals surface area contributed by atoms with Gasteiger partial charge in [-0.05, 0) is 52.0 Å². The first-order chi connectivity index (χ1) is 8.32. The molecule has 0 aliphatic heterocycles. The van der Waals surface area contributed by atoms with Gasteiger partial charge < -0.3 is 0 Å². The lowest BCUT2D eigenvalue weighted by molar-refractivity contribution is -0.424. The molecule has 0 bridgehead atoms. The molecule has 3 heteroatoms. The minimum absolute atomic E-state index is 0.216. The zero-order chi connectivity index (χ0) is 14.1. The Morgan fingerprint density at radius 3 is 2.33 bits per heavy atom. The molecular weight excluding hydrogens is 226 g/mol. The van der Waals surface area contributed by atoms with Gasteiger partial charge in [-0.2, -0.15) is 0 Å². The van der Waals surface area contributed by atoms with Crippen LogP contribution in [0.2, 0.25) is 0 Å². The van der Waals surface area contributed by atoms with Crippen LogP contribution in [0.4, 0.5) is 0 Å². The molecule has 1 atom stereocenters. The fourth-order valence-corrected chi connectivity index (χ4v) is 1.62. The van der Waals surface area contributed by atoms with Gasteiger partial charge in [-0.1, -0.05) is 30.2 Å². The smallest absolute Gasteiger partial charge is 0.239 e. The second-order valence-electron chi connectivity index (χ2n) is 5.15. The fraction of sp³-hybridized carbons (Fsp3) is 0.600. The average Bonchev–Trinajstić information content (AvgIpc) is 2.25. The third-order valence-corrected chi connectivity index (χ3v) is 2.74. The number of hydrogen-bond acceptors (Lipinski definition) is 2. The Morgan fingerprint density at radius 2 is 1.83 bits per heavy atom. The van der Waals surface area contributed by atoms with Crippen LogP contribution >= 0.6 is 0 Å². The summed E-state index contributed by atoms with van der Waals surface area (Å²) in [6, 6.07) is 0. The largest absolute Gasteiger partial charge is 0.259 e. The van der Waals surface area contributed by atoms with Crippen molar-refractivity contribution in [1.82, 2.24) is 0 Å². The number of nitrogens with zero attached hydrogens (tertiary/aromatic N) is 1. The third kappa shape index (κ3) is 8.74. The molecule has 0 aromatic carbocycles. The first kappa shape index (κ1) is 16.6. The quantitative estimate of drug-likeness (QED) is 0.367. The van der Waals surface area contributed by atoms with Crippen molar-refractivity contribution >= 4 is 0 Å². The van der Waals surface area contributed by atoms with Crippen molar-refractivity contribution in [2.75, 3.05) is 0 Å². The van der Waals surface area contributed by atoms with Gasteiger partial charge in [-0.3, -0.25) is 10.1 Å². The lowest BCUT2D eigenvalue weighted by Gasteiger charge is -2.04. The maximum atomic E-state index is 10.5. The first-order valence-corrected chi connectivity index (χ1v) is 6.44. The van der Waals surface area contributed by atoms with E-state index in [1.807, 2.05) is 6.92 Å². The highest BCUT2D eigenvalue weighted by atomic mass is 16.6. The Bertz CT molecular complexity index is 361. The Kier molecular flexibility index (Phi) is 8.01. The Labute approximate surface area is 110 Å². The summed E-state index contributed by atoms with van der Waals surface area (Å²) in [5.74, 6) is 0.216. The molecule has 18 heavy (non-hydrogen) atoms. The van der Waals surface area contributed by atoms with Crippen LogP contribution in [0.5, 0.6) is 0 Å². The van der Waals surface area contributed by atoms with Crippen LogP contribution in [0.1, 0.15) is 53.9 Å². The molecule has 0 rings (SSSR count). The van der Waals surface area contributed by atoms with E-state index in [9.17, 15) is 10.1 Å². The molecule has 0 aliphatic rings. The van der Waals surface area contributed by atoms with Crippen LogP contribution in [-0.2, 0) is 0 Å². The zero-order valence-electron chi connectivity index (χ0n) is 12.2. The standard InChI is InChI=1S/C15H25NO2/c1-12(2)7-6-8-13(3)9-10-14(4)11-15(5)16(17)18/h7,9,11,14H,6,8,10H2,1-5H3/b13-9+,15-11+. The predicted octanol–water partition coefficient (Wildman–Crippen LogP) is 4.89. The van der Waals surface area contributed by atoms with E-state index in [2.05, 4.69) is 32.9 Å². The molecule has 0 fully saturated rings. The van der Waals surface area contributed by atoms with E-state index in [1.54, 1.807) is 13.0 Å². The topological polar surface area (TPSA) is 43.1 Å². The fourth-order valence-electron chi connectivity index (χ4n) is 1.62. The summed E-state index contributed by atoms with van der Waals surface area (Å²) in [4.78, 5) is 10.2. The van der Waals surface area contributed by atoms with Gasteiger partial charge in [0.05, 0.1) is 4.92 Å². The summed E-state index contributed by atoms with van der Waals surface area (Å²) in [6.45, 7) is 9.88. The van der Waals surface area contributed by atoms with Gasteiger partial charge in [0.25, 0.3) is 0 Å². The minimum Gasteiger partial charge on any atom is -0.259 e. The van der Waals surface area contributed by atoms with Crippen LogP contribution in [0.15, 0.2) is 35.1 Å². The average molecular weight is 251 g/mol. The lowest BCUT2D eigenvalue weighted by atomic mass is 10.0.